The van der Waals surface area contributed by atoms with Crippen LogP contribution in [0.2, 0.25) is 0 Å². The molecule has 7 nitrogen and oxygen atoms in total. The van der Waals surface area contributed by atoms with Gasteiger partial charge in [-0.05, 0) is 50.0 Å². The topological polar surface area (TPSA) is 88.1 Å². The molecule has 2 atom stereocenters. The predicted octanol–water partition coefficient (Wildman–Crippen LogP) is 3.13. The maximum absolute atomic E-state index is 12.7. The fourth-order valence-electron chi connectivity index (χ4n) is 4.40. The van der Waals surface area contributed by atoms with Crippen LogP contribution in [0.4, 0.5) is 0 Å². The van der Waals surface area contributed by atoms with E-state index in [0.717, 1.165) is 25.9 Å². The zero-order valence-electron chi connectivity index (χ0n) is 18.9. The first kappa shape index (κ1) is 23.3. The Balaban J connectivity index is 1.36. The largest absolute Gasteiger partial charge is 0.486 e. The standard InChI is InChI=1S/C26H32N2O5/c29-22(19-7-2-1-3-8-19)9-6-10-25(30)27-21(18-28-13-4-5-14-28)26(31)20-11-12-23-24(17-20)33-16-15-32-23/h1-3,7-8,11-12,17,21,26,31H,4-6,9-10,13-16,18H2,(H,27,30)/t21-,26-/m1/s1. The molecule has 7 heteroatoms. The van der Waals surface area contributed by atoms with Crippen molar-refractivity contribution in [2.24, 2.45) is 0 Å². The molecule has 0 radical (unpaired) electrons. The number of nitrogens with one attached hydrogen (secondary N) is 1. The van der Waals surface area contributed by atoms with Crippen LogP contribution in [0, 0.1) is 0 Å². The molecule has 0 aromatic heterocycles. The van der Waals surface area contributed by atoms with Crippen molar-refractivity contribution in [3.05, 3.63) is 59.7 Å². The van der Waals surface area contributed by atoms with Crippen LogP contribution in [-0.2, 0) is 4.79 Å². The highest BCUT2D eigenvalue weighted by molar-refractivity contribution is 5.96. The van der Waals surface area contributed by atoms with Gasteiger partial charge in [-0.2, -0.15) is 0 Å². The monoisotopic (exact) mass is 452 g/mol. The third-order valence-electron chi connectivity index (χ3n) is 6.19. The van der Waals surface area contributed by atoms with Crippen LogP contribution < -0.4 is 14.8 Å². The lowest BCUT2D eigenvalue weighted by molar-refractivity contribution is -0.123. The summed E-state index contributed by atoms with van der Waals surface area (Å²) in [6.45, 7) is 3.49. The van der Waals surface area contributed by atoms with Gasteiger partial charge in [-0.15, -0.1) is 0 Å². The number of rotatable bonds is 10. The van der Waals surface area contributed by atoms with Gasteiger partial charge >= 0.3 is 0 Å². The number of fused-ring (bicyclic) bond motifs is 1. The number of carbonyl (C=O) groups excluding carboxylic acids is 2. The number of aliphatic hydroxyl groups is 1. The molecule has 0 bridgehead atoms. The van der Waals surface area contributed by atoms with Gasteiger partial charge in [-0.1, -0.05) is 36.4 Å². The number of ether oxygens (including phenoxy) is 2. The first-order valence-corrected chi connectivity index (χ1v) is 11.8. The quantitative estimate of drug-likeness (QED) is 0.539. The van der Waals surface area contributed by atoms with Crippen molar-refractivity contribution in [2.45, 2.75) is 44.2 Å². The van der Waals surface area contributed by atoms with Gasteiger partial charge in [0.2, 0.25) is 5.91 Å². The predicted molar refractivity (Wildman–Crippen MR) is 125 cm³/mol. The molecule has 2 aromatic carbocycles. The zero-order valence-corrected chi connectivity index (χ0v) is 18.9. The van der Waals surface area contributed by atoms with Gasteiger partial charge < -0.3 is 24.8 Å². The molecule has 2 aliphatic heterocycles. The van der Waals surface area contributed by atoms with Crippen molar-refractivity contribution in [3.8, 4) is 11.5 Å². The lowest BCUT2D eigenvalue weighted by atomic mass is 10.00. The van der Waals surface area contributed by atoms with Gasteiger partial charge in [0.05, 0.1) is 6.04 Å². The van der Waals surface area contributed by atoms with Crippen molar-refractivity contribution in [1.82, 2.24) is 10.2 Å². The maximum atomic E-state index is 12.7. The summed E-state index contributed by atoms with van der Waals surface area (Å²) >= 11 is 0. The average molecular weight is 453 g/mol. The van der Waals surface area contributed by atoms with E-state index >= 15 is 0 Å². The van der Waals surface area contributed by atoms with E-state index in [0.29, 0.717) is 55.2 Å². The Labute approximate surface area is 194 Å². The molecule has 0 unspecified atom stereocenters. The number of ketones is 1. The molecular weight excluding hydrogens is 420 g/mol. The van der Waals surface area contributed by atoms with E-state index in [4.69, 9.17) is 9.47 Å². The molecule has 2 aromatic rings. The van der Waals surface area contributed by atoms with Crippen LogP contribution in [0.3, 0.4) is 0 Å². The van der Waals surface area contributed by atoms with Crippen LogP contribution in [0.5, 0.6) is 11.5 Å². The fraction of sp³-hybridized carbons (Fsp3) is 0.462. The molecule has 1 fully saturated rings. The minimum absolute atomic E-state index is 0.0355. The van der Waals surface area contributed by atoms with Crippen molar-refractivity contribution in [3.63, 3.8) is 0 Å². The number of carbonyl (C=O) groups is 2. The van der Waals surface area contributed by atoms with E-state index in [9.17, 15) is 14.7 Å². The number of benzene rings is 2. The molecule has 2 N–H and O–H groups in total. The summed E-state index contributed by atoms with van der Waals surface area (Å²) < 4.78 is 11.2. The molecule has 0 spiro atoms. The number of Topliss-reactive ketones (excluding diaryl/α,β-unsaturated/α-hetero) is 1. The average Bonchev–Trinajstić information content (AvgIpc) is 3.36. The molecule has 4 rings (SSSR count). The summed E-state index contributed by atoms with van der Waals surface area (Å²) in [6, 6.07) is 14.1. The summed E-state index contributed by atoms with van der Waals surface area (Å²) in [5.41, 5.74) is 1.35. The van der Waals surface area contributed by atoms with Crippen LogP contribution >= 0.6 is 0 Å². The van der Waals surface area contributed by atoms with E-state index in [1.54, 1.807) is 24.3 Å². The van der Waals surface area contributed by atoms with Gasteiger partial charge in [0.25, 0.3) is 0 Å². The van der Waals surface area contributed by atoms with Crippen molar-refractivity contribution in [2.75, 3.05) is 32.8 Å². The second kappa shape index (κ2) is 11.3. The highest BCUT2D eigenvalue weighted by Gasteiger charge is 2.27. The van der Waals surface area contributed by atoms with Gasteiger partial charge in [0, 0.05) is 24.9 Å². The van der Waals surface area contributed by atoms with Gasteiger partial charge in [-0.25, -0.2) is 0 Å². The molecule has 2 aliphatic rings. The van der Waals surface area contributed by atoms with Crippen LogP contribution in [0.15, 0.2) is 48.5 Å². The lowest BCUT2D eigenvalue weighted by Crippen LogP contribution is -2.46. The Morgan fingerprint density at radius 1 is 0.970 bits per heavy atom. The Bertz CT molecular complexity index is 943. The van der Waals surface area contributed by atoms with E-state index in [1.165, 1.54) is 0 Å². The van der Waals surface area contributed by atoms with E-state index < -0.39 is 12.1 Å². The maximum Gasteiger partial charge on any atom is 0.220 e. The van der Waals surface area contributed by atoms with Crippen LogP contribution in [0.25, 0.3) is 0 Å². The highest BCUT2D eigenvalue weighted by atomic mass is 16.6. The molecule has 33 heavy (non-hydrogen) atoms. The summed E-state index contributed by atoms with van der Waals surface area (Å²) in [5.74, 6) is 1.16. The smallest absolute Gasteiger partial charge is 0.220 e. The summed E-state index contributed by atoms with van der Waals surface area (Å²) in [5, 5.41) is 14.2. The summed E-state index contributed by atoms with van der Waals surface area (Å²) in [4.78, 5) is 27.3. The molecular formula is C26H32N2O5. The minimum atomic E-state index is -0.878. The summed E-state index contributed by atoms with van der Waals surface area (Å²) in [6.07, 6.45) is 2.40. The van der Waals surface area contributed by atoms with Crippen molar-refractivity contribution >= 4 is 11.7 Å². The number of amides is 1. The SMILES string of the molecule is O=C(CCCC(=O)c1ccccc1)N[C@H](CN1CCCC1)[C@H](O)c1ccc2c(c1)OCCO2. The second-order valence-corrected chi connectivity index (χ2v) is 8.67. The molecule has 2 heterocycles. The van der Waals surface area contributed by atoms with Gasteiger partial charge in [-0.3, -0.25) is 9.59 Å². The van der Waals surface area contributed by atoms with Crippen LogP contribution in [0.1, 0.15) is 54.1 Å². The summed E-state index contributed by atoms with van der Waals surface area (Å²) in [7, 11) is 0. The number of nitrogens with zero attached hydrogens (tertiary/aromatic N) is 1. The number of hydrogen-bond acceptors (Lipinski definition) is 6. The molecule has 0 aliphatic carbocycles. The van der Waals surface area contributed by atoms with E-state index in [1.807, 2.05) is 24.3 Å². The minimum Gasteiger partial charge on any atom is -0.486 e. The molecule has 1 saturated heterocycles. The lowest BCUT2D eigenvalue weighted by Gasteiger charge is -2.29. The van der Waals surface area contributed by atoms with Gasteiger partial charge in [0.15, 0.2) is 17.3 Å². The van der Waals surface area contributed by atoms with Crippen molar-refractivity contribution < 1.29 is 24.2 Å². The normalized spacial score (nSPS) is 17.4. The second-order valence-electron chi connectivity index (χ2n) is 8.67. The van der Waals surface area contributed by atoms with Gasteiger partial charge in [0.1, 0.15) is 19.3 Å². The highest BCUT2D eigenvalue weighted by Crippen LogP contribution is 2.33. The first-order chi connectivity index (χ1) is 16.1. The Morgan fingerprint density at radius 3 is 2.45 bits per heavy atom. The van der Waals surface area contributed by atoms with Crippen LogP contribution in [-0.4, -0.2) is 60.6 Å². The Morgan fingerprint density at radius 2 is 1.70 bits per heavy atom. The van der Waals surface area contributed by atoms with Crippen molar-refractivity contribution in [1.29, 1.82) is 0 Å². The molecule has 0 saturated carbocycles. The Hall–Kier alpha value is -2.90. The first-order valence-electron chi connectivity index (χ1n) is 11.8. The molecule has 1 amide bonds. The zero-order chi connectivity index (χ0) is 23.0. The molecule has 176 valence electrons. The van der Waals surface area contributed by atoms with E-state index in [2.05, 4.69) is 10.2 Å². The Kier molecular flexibility index (Phi) is 7.96. The fourth-order valence-corrected chi connectivity index (χ4v) is 4.40. The van der Waals surface area contributed by atoms with E-state index in [-0.39, 0.29) is 18.1 Å². The number of likely N-dealkylation sites (tertiary alicyclic amines) is 1. The number of aliphatic hydroxyl groups excluding tert-OH is 1. The third-order valence-corrected chi connectivity index (χ3v) is 6.19. The number of hydrogen-bond donors (Lipinski definition) is 2. The third kappa shape index (κ3) is 6.33.